The summed E-state index contributed by atoms with van der Waals surface area (Å²) < 4.78 is 0. The van der Waals surface area contributed by atoms with Crippen molar-refractivity contribution in [2.45, 2.75) is 20.3 Å². The third kappa shape index (κ3) is 5.89. The summed E-state index contributed by atoms with van der Waals surface area (Å²) >= 11 is 11.8. The Labute approximate surface area is 156 Å². The predicted molar refractivity (Wildman–Crippen MR) is 101 cm³/mol. The van der Waals surface area contributed by atoms with Gasteiger partial charge in [-0.1, -0.05) is 35.3 Å². The number of amides is 2. The molecular formula is C18H17Cl2N3O2. The fourth-order valence-corrected chi connectivity index (χ4v) is 2.40. The Balaban J connectivity index is 1.93. The van der Waals surface area contributed by atoms with E-state index in [2.05, 4.69) is 15.8 Å². The molecule has 2 amide bonds. The predicted octanol–water partition coefficient (Wildman–Crippen LogP) is 4.44. The monoisotopic (exact) mass is 377 g/mol. The summed E-state index contributed by atoms with van der Waals surface area (Å²) in [6, 6.07) is 11.8. The minimum atomic E-state index is -0.395. The van der Waals surface area contributed by atoms with Gasteiger partial charge in [0, 0.05) is 27.0 Å². The molecule has 0 aromatic heterocycles. The lowest BCUT2D eigenvalue weighted by Crippen LogP contribution is -2.21. The fraction of sp³-hybridized carbons (Fsp3) is 0.167. The Morgan fingerprint density at radius 3 is 2.52 bits per heavy atom. The maximum atomic E-state index is 12.1. The molecule has 0 spiro atoms. The summed E-state index contributed by atoms with van der Waals surface area (Å²) in [5.41, 5.74) is 4.81. The molecular weight excluding hydrogens is 361 g/mol. The number of rotatable bonds is 5. The highest BCUT2D eigenvalue weighted by atomic mass is 35.5. The summed E-state index contributed by atoms with van der Waals surface area (Å²) in [7, 11) is 0. The lowest BCUT2D eigenvalue weighted by atomic mass is 10.2. The lowest BCUT2D eigenvalue weighted by Gasteiger charge is -2.09. The molecule has 0 unspecified atom stereocenters. The van der Waals surface area contributed by atoms with Crippen molar-refractivity contribution < 1.29 is 9.59 Å². The zero-order valence-electron chi connectivity index (χ0n) is 13.8. The molecule has 5 nitrogen and oxygen atoms in total. The number of hydrogen-bond donors (Lipinski definition) is 2. The average Bonchev–Trinajstić information content (AvgIpc) is 2.56. The smallest absolute Gasteiger partial charge is 0.271 e. The van der Waals surface area contributed by atoms with Crippen LogP contribution in [0.15, 0.2) is 47.6 Å². The number of nitrogens with zero attached hydrogens (tertiary/aromatic N) is 1. The molecule has 0 saturated heterocycles. The molecule has 0 fully saturated rings. The first-order valence-corrected chi connectivity index (χ1v) is 8.26. The molecule has 0 radical (unpaired) electrons. The van der Waals surface area contributed by atoms with Crippen LogP contribution in [0.4, 0.5) is 5.69 Å². The van der Waals surface area contributed by atoms with Crippen molar-refractivity contribution in [3.63, 3.8) is 0 Å². The molecule has 0 bridgehead atoms. The van der Waals surface area contributed by atoms with Crippen LogP contribution < -0.4 is 10.7 Å². The van der Waals surface area contributed by atoms with Crippen LogP contribution in [-0.4, -0.2) is 17.5 Å². The van der Waals surface area contributed by atoms with Crippen molar-refractivity contribution in [2.75, 3.05) is 5.32 Å². The van der Waals surface area contributed by atoms with Gasteiger partial charge in [-0.15, -0.1) is 0 Å². The van der Waals surface area contributed by atoms with Crippen molar-refractivity contribution in [1.82, 2.24) is 5.43 Å². The Morgan fingerprint density at radius 2 is 1.80 bits per heavy atom. The fourth-order valence-electron chi connectivity index (χ4n) is 2.04. The van der Waals surface area contributed by atoms with Crippen LogP contribution >= 0.6 is 23.2 Å². The van der Waals surface area contributed by atoms with Gasteiger partial charge in [-0.05, 0) is 49.7 Å². The topological polar surface area (TPSA) is 70.6 Å². The van der Waals surface area contributed by atoms with E-state index in [0.717, 1.165) is 5.56 Å². The molecule has 25 heavy (non-hydrogen) atoms. The molecule has 2 aromatic rings. The molecule has 0 heterocycles. The van der Waals surface area contributed by atoms with Crippen molar-refractivity contribution in [1.29, 1.82) is 0 Å². The minimum Gasteiger partial charge on any atom is -0.325 e. The first-order chi connectivity index (χ1) is 11.8. The van der Waals surface area contributed by atoms with Gasteiger partial charge in [0.25, 0.3) is 5.91 Å². The van der Waals surface area contributed by atoms with Crippen LogP contribution in [0.2, 0.25) is 10.0 Å². The molecule has 0 aliphatic heterocycles. The number of aryl methyl sites for hydroxylation is 1. The van der Waals surface area contributed by atoms with E-state index in [9.17, 15) is 9.59 Å². The summed E-state index contributed by atoms with van der Waals surface area (Å²) in [6.07, 6.45) is 0.0434. The summed E-state index contributed by atoms with van der Waals surface area (Å²) in [4.78, 5) is 24.0. The second-order valence-corrected chi connectivity index (χ2v) is 6.36. The zero-order chi connectivity index (χ0) is 18.4. The molecule has 2 aromatic carbocycles. The Morgan fingerprint density at radius 1 is 1.08 bits per heavy atom. The number of benzene rings is 2. The molecule has 2 N–H and O–H groups in total. The van der Waals surface area contributed by atoms with E-state index >= 15 is 0 Å². The van der Waals surface area contributed by atoms with Gasteiger partial charge in [-0.2, -0.15) is 5.10 Å². The number of carbonyl (C=O) groups is 2. The van der Waals surface area contributed by atoms with Gasteiger partial charge in [0.1, 0.15) is 0 Å². The highest BCUT2D eigenvalue weighted by Crippen LogP contribution is 2.20. The lowest BCUT2D eigenvalue weighted by molar-refractivity contribution is -0.115. The Kier molecular flexibility index (Phi) is 6.56. The third-order valence-electron chi connectivity index (χ3n) is 3.33. The largest absolute Gasteiger partial charge is 0.325 e. The van der Waals surface area contributed by atoms with Gasteiger partial charge in [0.05, 0.1) is 6.42 Å². The van der Waals surface area contributed by atoms with Gasteiger partial charge in [-0.25, -0.2) is 5.43 Å². The van der Waals surface area contributed by atoms with Gasteiger partial charge in [-0.3, -0.25) is 9.59 Å². The molecule has 0 atom stereocenters. The number of anilines is 1. The zero-order valence-corrected chi connectivity index (χ0v) is 15.3. The van der Waals surface area contributed by atoms with E-state index in [1.165, 1.54) is 6.07 Å². The summed E-state index contributed by atoms with van der Waals surface area (Å²) in [5.74, 6) is -0.642. The number of nitrogens with one attached hydrogen (secondary N) is 2. The van der Waals surface area contributed by atoms with E-state index < -0.39 is 5.91 Å². The number of hydrazone groups is 1. The second-order valence-electron chi connectivity index (χ2n) is 5.48. The van der Waals surface area contributed by atoms with Crippen LogP contribution in [0.5, 0.6) is 0 Å². The van der Waals surface area contributed by atoms with Gasteiger partial charge in [0.15, 0.2) is 0 Å². The van der Waals surface area contributed by atoms with Gasteiger partial charge in [0.2, 0.25) is 5.91 Å². The summed E-state index contributed by atoms with van der Waals surface area (Å²) in [6.45, 7) is 3.53. The van der Waals surface area contributed by atoms with Crippen molar-refractivity contribution >= 4 is 46.4 Å². The van der Waals surface area contributed by atoms with Crippen LogP contribution in [0.25, 0.3) is 0 Å². The van der Waals surface area contributed by atoms with E-state index in [-0.39, 0.29) is 12.3 Å². The van der Waals surface area contributed by atoms with E-state index in [4.69, 9.17) is 23.2 Å². The van der Waals surface area contributed by atoms with E-state index in [0.29, 0.717) is 27.0 Å². The quantitative estimate of drug-likeness (QED) is 0.597. The molecule has 0 saturated carbocycles. The minimum absolute atomic E-state index is 0.0434. The van der Waals surface area contributed by atoms with Crippen molar-refractivity contribution in [3.05, 3.63) is 63.6 Å². The second kappa shape index (κ2) is 8.65. The van der Waals surface area contributed by atoms with Crippen molar-refractivity contribution in [3.8, 4) is 0 Å². The highest BCUT2D eigenvalue weighted by Gasteiger charge is 2.09. The SMILES string of the molecule is C/C(CC(=O)Nc1cc(Cl)ccc1C)=N\NC(=O)c1cccc(Cl)c1. The number of hydrogen-bond acceptors (Lipinski definition) is 3. The van der Waals surface area contributed by atoms with Crippen LogP contribution in [0.1, 0.15) is 29.3 Å². The maximum Gasteiger partial charge on any atom is 0.271 e. The molecule has 0 aliphatic carbocycles. The first kappa shape index (κ1) is 19.0. The molecule has 7 heteroatoms. The Bertz CT molecular complexity index is 835. The molecule has 2 rings (SSSR count). The summed E-state index contributed by atoms with van der Waals surface area (Å²) in [5, 5.41) is 7.72. The Hall–Kier alpha value is -2.37. The van der Waals surface area contributed by atoms with Gasteiger partial charge >= 0.3 is 0 Å². The van der Waals surface area contributed by atoms with Crippen LogP contribution in [0.3, 0.4) is 0 Å². The van der Waals surface area contributed by atoms with Crippen LogP contribution in [-0.2, 0) is 4.79 Å². The number of halogens is 2. The van der Waals surface area contributed by atoms with Gasteiger partial charge < -0.3 is 5.32 Å². The van der Waals surface area contributed by atoms with Crippen LogP contribution in [0, 0.1) is 6.92 Å². The van der Waals surface area contributed by atoms with Crippen molar-refractivity contribution in [2.24, 2.45) is 5.10 Å². The third-order valence-corrected chi connectivity index (χ3v) is 3.80. The maximum absolute atomic E-state index is 12.1. The van der Waals surface area contributed by atoms with E-state index in [1.807, 2.05) is 13.0 Å². The molecule has 0 aliphatic rings. The normalized spacial score (nSPS) is 11.1. The molecule has 130 valence electrons. The highest BCUT2D eigenvalue weighted by molar-refractivity contribution is 6.31. The number of carbonyl (C=O) groups excluding carboxylic acids is 2. The average molecular weight is 378 g/mol. The van der Waals surface area contributed by atoms with E-state index in [1.54, 1.807) is 37.3 Å². The first-order valence-electron chi connectivity index (χ1n) is 7.50. The standard InChI is InChI=1S/C18H17Cl2N3O2/c1-11-6-7-15(20)10-16(11)21-17(24)8-12(2)22-23-18(25)13-4-3-5-14(19)9-13/h3-7,9-10H,8H2,1-2H3,(H,21,24)(H,23,25)/b22-12+.